The SMILES string of the molecule is Cn1nc(CC(O)c2ccc(Cl)cc2)c2ccccc21. The van der Waals surface area contributed by atoms with Crippen molar-refractivity contribution in [3.63, 3.8) is 0 Å². The third-order valence-corrected chi connectivity index (χ3v) is 3.73. The van der Waals surface area contributed by atoms with Crippen molar-refractivity contribution in [1.82, 2.24) is 9.78 Å². The number of para-hydroxylation sites is 1. The highest BCUT2D eigenvalue weighted by Gasteiger charge is 2.14. The zero-order valence-corrected chi connectivity index (χ0v) is 11.9. The Morgan fingerprint density at radius 1 is 1.15 bits per heavy atom. The van der Waals surface area contributed by atoms with Crippen molar-refractivity contribution in [2.45, 2.75) is 12.5 Å². The van der Waals surface area contributed by atoms with Gasteiger partial charge in [0.25, 0.3) is 0 Å². The highest BCUT2D eigenvalue weighted by molar-refractivity contribution is 6.30. The predicted molar refractivity (Wildman–Crippen MR) is 80.8 cm³/mol. The normalized spacial score (nSPS) is 12.8. The quantitative estimate of drug-likeness (QED) is 0.800. The summed E-state index contributed by atoms with van der Waals surface area (Å²) < 4.78 is 1.85. The van der Waals surface area contributed by atoms with Crippen LogP contribution in [-0.2, 0) is 13.5 Å². The van der Waals surface area contributed by atoms with Gasteiger partial charge in [-0.05, 0) is 23.8 Å². The van der Waals surface area contributed by atoms with Crippen molar-refractivity contribution in [1.29, 1.82) is 0 Å². The van der Waals surface area contributed by atoms with Gasteiger partial charge in [0.1, 0.15) is 0 Å². The van der Waals surface area contributed by atoms with Gasteiger partial charge in [0, 0.05) is 23.9 Å². The summed E-state index contributed by atoms with van der Waals surface area (Å²) >= 11 is 5.86. The smallest absolute Gasteiger partial charge is 0.0846 e. The van der Waals surface area contributed by atoms with Gasteiger partial charge in [-0.2, -0.15) is 5.10 Å². The first-order valence-corrected chi connectivity index (χ1v) is 6.87. The van der Waals surface area contributed by atoms with E-state index in [4.69, 9.17) is 11.6 Å². The van der Waals surface area contributed by atoms with Crippen molar-refractivity contribution in [2.75, 3.05) is 0 Å². The largest absolute Gasteiger partial charge is 0.388 e. The molecule has 1 aromatic heterocycles. The van der Waals surface area contributed by atoms with E-state index in [1.807, 2.05) is 48.1 Å². The van der Waals surface area contributed by atoms with Gasteiger partial charge >= 0.3 is 0 Å². The summed E-state index contributed by atoms with van der Waals surface area (Å²) in [6.07, 6.45) is -0.0891. The first kappa shape index (κ1) is 13.2. The Bertz CT molecular complexity index is 734. The first-order chi connectivity index (χ1) is 9.65. The summed E-state index contributed by atoms with van der Waals surface area (Å²) in [6, 6.07) is 15.3. The summed E-state index contributed by atoms with van der Waals surface area (Å²) in [7, 11) is 1.92. The van der Waals surface area contributed by atoms with Crippen molar-refractivity contribution < 1.29 is 5.11 Å². The molecule has 3 aromatic rings. The van der Waals surface area contributed by atoms with Crippen LogP contribution in [0.25, 0.3) is 10.9 Å². The van der Waals surface area contributed by atoms with Crippen LogP contribution in [0.15, 0.2) is 48.5 Å². The molecule has 0 fully saturated rings. The molecule has 2 aromatic carbocycles. The Hall–Kier alpha value is -1.84. The summed E-state index contributed by atoms with van der Waals surface area (Å²) in [6.45, 7) is 0. The minimum atomic E-state index is -0.578. The Morgan fingerprint density at radius 3 is 2.60 bits per heavy atom. The second kappa shape index (κ2) is 5.27. The summed E-state index contributed by atoms with van der Waals surface area (Å²) in [4.78, 5) is 0. The molecule has 3 nitrogen and oxygen atoms in total. The zero-order valence-electron chi connectivity index (χ0n) is 11.1. The molecule has 0 saturated carbocycles. The van der Waals surface area contributed by atoms with Gasteiger partial charge in [-0.25, -0.2) is 0 Å². The highest BCUT2D eigenvalue weighted by Crippen LogP contribution is 2.24. The molecule has 0 spiro atoms. The van der Waals surface area contributed by atoms with Gasteiger partial charge < -0.3 is 5.11 Å². The number of aromatic nitrogens is 2. The number of halogens is 1. The number of hydrogen-bond acceptors (Lipinski definition) is 2. The van der Waals surface area contributed by atoms with Gasteiger partial charge in [-0.1, -0.05) is 41.9 Å². The molecular weight excluding hydrogens is 272 g/mol. The lowest BCUT2D eigenvalue weighted by Gasteiger charge is -2.09. The van der Waals surface area contributed by atoms with Crippen LogP contribution in [0.2, 0.25) is 5.02 Å². The number of fused-ring (bicyclic) bond motifs is 1. The van der Waals surface area contributed by atoms with E-state index in [-0.39, 0.29) is 0 Å². The standard InChI is InChI=1S/C16H15ClN2O/c1-19-15-5-3-2-4-13(15)14(18-19)10-16(20)11-6-8-12(17)9-7-11/h2-9,16,20H,10H2,1H3. The lowest BCUT2D eigenvalue weighted by molar-refractivity contribution is 0.177. The molecule has 1 unspecified atom stereocenters. The third-order valence-electron chi connectivity index (χ3n) is 3.48. The Balaban J connectivity index is 1.91. The second-order valence-electron chi connectivity index (χ2n) is 4.86. The molecule has 0 saturated heterocycles. The lowest BCUT2D eigenvalue weighted by Crippen LogP contribution is -2.03. The first-order valence-electron chi connectivity index (χ1n) is 6.49. The zero-order chi connectivity index (χ0) is 14.1. The van der Waals surface area contributed by atoms with Crippen molar-refractivity contribution >= 4 is 22.5 Å². The summed E-state index contributed by atoms with van der Waals surface area (Å²) in [5.41, 5.74) is 2.83. The van der Waals surface area contributed by atoms with E-state index in [2.05, 4.69) is 5.10 Å². The van der Waals surface area contributed by atoms with Crippen LogP contribution in [0, 0.1) is 0 Å². The van der Waals surface area contributed by atoms with Crippen molar-refractivity contribution in [3.05, 3.63) is 64.8 Å². The average molecular weight is 287 g/mol. The number of aliphatic hydroxyl groups is 1. The molecule has 4 heteroatoms. The highest BCUT2D eigenvalue weighted by atomic mass is 35.5. The topological polar surface area (TPSA) is 38.0 Å². The van der Waals surface area contributed by atoms with E-state index in [1.165, 1.54) is 0 Å². The van der Waals surface area contributed by atoms with Crippen LogP contribution in [0.3, 0.4) is 0 Å². The number of nitrogens with zero attached hydrogens (tertiary/aromatic N) is 2. The fourth-order valence-corrected chi connectivity index (χ4v) is 2.55. The number of benzene rings is 2. The molecule has 0 bridgehead atoms. The molecule has 3 rings (SSSR count). The fourth-order valence-electron chi connectivity index (χ4n) is 2.43. The van der Waals surface area contributed by atoms with Crippen molar-refractivity contribution in [2.24, 2.45) is 7.05 Å². The Kier molecular flexibility index (Phi) is 3.47. The third kappa shape index (κ3) is 2.42. The molecule has 1 heterocycles. The van der Waals surface area contributed by atoms with Gasteiger partial charge in [0.2, 0.25) is 0 Å². The molecule has 102 valence electrons. The number of hydrogen-bond donors (Lipinski definition) is 1. The van der Waals surface area contributed by atoms with Gasteiger partial charge in [0.15, 0.2) is 0 Å². The molecule has 0 amide bonds. The molecule has 1 atom stereocenters. The minimum Gasteiger partial charge on any atom is -0.388 e. The van der Waals surface area contributed by atoms with Crippen LogP contribution < -0.4 is 0 Å². The maximum atomic E-state index is 10.3. The number of aliphatic hydroxyl groups excluding tert-OH is 1. The molecule has 20 heavy (non-hydrogen) atoms. The second-order valence-corrected chi connectivity index (χ2v) is 5.30. The van der Waals surface area contributed by atoms with E-state index >= 15 is 0 Å². The lowest BCUT2D eigenvalue weighted by atomic mass is 10.0. The van der Waals surface area contributed by atoms with Crippen LogP contribution in [0.1, 0.15) is 17.4 Å². The maximum Gasteiger partial charge on any atom is 0.0846 e. The Labute approximate surface area is 122 Å². The summed E-state index contributed by atoms with van der Waals surface area (Å²) in [5, 5.41) is 16.6. The molecule has 1 N–H and O–H groups in total. The minimum absolute atomic E-state index is 0.489. The van der Waals surface area contributed by atoms with Crippen molar-refractivity contribution in [3.8, 4) is 0 Å². The van der Waals surface area contributed by atoms with Crippen LogP contribution in [-0.4, -0.2) is 14.9 Å². The monoisotopic (exact) mass is 286 g/mol. The molecule has 0 radical (unpaired) electrons. The van der Waals surface area contributed by atoms with Gasteiger partial charge in [-0.3, -0.25) is 4.68 Å². The van der Waals surface area contributed by atoms with E-state index in [0.717, 1.165) is 22.2 Å². The van der Waals surface area contributed by atoms with Crippen LogP contribution in [0.5, 0.6) is 0 Å². The van der Waals surface area contributed by atoms with Crippen LogP contribution in [0.4, 0.5) is 0 Å². The number of rotatable bonds is 3. The fraction of sp³-hybridized carbons (Fsp3) is 0.188. The summed E-state index contributed by atoms with van der Waals surface area (Å²) in [5.74, 6) is 0. The molecule has 0 aliphatic heterocycles. The maximum absolute atomic E-state index is 10.3. The molecular formula is C16H15ClN2O. The van der Waals surface area contributed by atoms with E-state index in [0.29, 0.717) is 11.4 Å². The van der Waals surface area contributed by atoms with E-state index in [1.54, 1.807) is 12.1 Å². The van der Waals surface area contributed by atoms with E-state index in [9.17, 15) is 5.11 Å². The van der Waals surface area contributed by atoms with E-state index < -0.39 is 6.10 Å². The molecule has 0 aliphatic rings. The predicted octanol–water partition coefficient (Wildman–Crippen LogP) is 3.50. The van der Waals surface area contributed by atoms with Gasteiger partial charge in [-0.15, -0.1) is 0 Å². The number of aryl methyl sites for hydroxylation is 1. The van der Waals surface area contributed by atoms with Crippen LogP contribution >= 0.6 is 11.6 Å². The average Bonchev–Trinajstić information content (AvgIpc) is 2.77. The van der Waals surface area contributed by atoms with Gasteiger partial charge in [0.05, 0.1) is 17.3 Å². The molecule has 0 aliphatic carbocycles. The Morgan fingerprint density at radius 2 is 1.85 bits per heavy atom.